The SMILES string of the molecule is CC1(C#N)C[C@@H]2C(C(C)(F)F)OC[C@]2(c2ccccc2F)N=C1N. The normalized spacial score (nSPS) is 35.9. The average Bonchev–Trinajstić information content (AvgIpc) is 2.87. The van der Waals surface area contributed by atoms with Crippen LogP contribution in [0.4, 0.5) is 13.2 Å². The summed E-state index contributed by atoms with van der Waals surface area (Å²) in [4.78, 5) is 4.37. The van der Waals surface area contributed by atoms with Crippen molar-refractivity contribution in [1.82, 2.24) is 0 Å². The van der Waals surface area contributed by atoms with Crippen molar-refractivity contribution in [3.05, 3.63) is 35.6 Å². The summed E-state index contributed by atoms with van der Waals surface area (Å²) in [5.74, 6) is -4.53. The first-order chi connectivity index (χ1) is 11.1. The quantitative estimate of drug-likeness (QED) is 0.902. The summed E-state index contributed by atoms with van der Waals surface area (Å²) >= 11 is 0. The van der Waals surface area contributed by atoms with Gasteiger partial charge in [-0.1, -0.05) is 18.2 Å². The maximum Gasteiger partial charge on any atom is 0.271 e. The fourth-order valence-corrected chi connectivity index (χ4v) is 3.72. The minimum Gasteiger partial charge on any atom is -0.386 e. The molecular formula is C17H18F3N3O. The highest BCUT2D eigenvalue weighted by Crippen LogP contribution is 2.54. The van der Waals surface area contributed by atoms with Crippen molar-refractivity contribution in [2.24, 2.45) is 22.1 Å². The Balaban J connectivity index is 2.22. The van der Waals surface area contributed by atoms with Gasteiger partial charge in [-0.15, -0.1) is 0 Å². The molecule has 0 bridgehead atoms. The second-order valence-electron chi connectivity index (χ2n) is 6.84. The molecule has 0 spiro atoms. The van der Waals surface area contributed by atoms with E-state index in [9.17, 15) is 18.4 Å². The van der Waals surface area contributed by atoms with Crippen molar-refractivity contribution >= 4 is 5.84 Å². The number of nitrogens with two attached hydrogens (primary N) is 1. The van der Waals surface area contributed by atoms with Crippen LogP contribution in [0.15, 0.2) is 29.3 Å². The molecule has 2 aliphatic heterocycles. The number of halogens is 3. The van der Waals surface area contributed by atoms with E-state index in [0.29, 0.717) is 0 Å². The number of hydrogen-bond donors (Lipinski definition) is 1. The molecule has 24 heavy (non-hydrogen) atoms. The van der Waals surface area contributed by atoms with E-state index in [2.05, 4.69) is 4.99 Å². The summed E-state index contributed by atoms with van der Waals surface area (Å²) in [7, 11) is 0. The van der Waals surface area contributed by atoms with Crippen molar-refractivity contribution in [3.8, 4) is 6.07 Å². The van der Waals surface area contributed by atoms with E-state index < -0.39 is 34.7 Å². The van der Waals surface area contributed by atoms with Crippen LogP contribution in [-0.2, 0) is 10.3 Å². The molecule has 2 unspecified atom stereocenters. The van der Waals surface area contributed by atoms with Crippen molar-refractivity contribution in [2.75, 3.05) is 6.61 Å². The number of fused-ring (bicyclic) bond motifs is 1. The minimum atomic E-state index is -3.14. The molecule has 0 aliphatic carbocycles. The van der Waals surface area contributed by atoms with Crippen molar-refractivity contribution in [2.45, 2.75) is 37.8 Å². The van der Waals surface area contributed by atoms with Gasteiger partial charge in [0.2, 0.25) is 0 Å². The van der Waals surface area contributed by atoms with Crippen LogP contribution in [0.3, 0.4) is 0 Å². The van der Waals surface area contributed by atoms with Gasteiger partial charge >= 0.3 is 0 Å². The third-order valence-electron chi connectivity index (χ3n) is 5.06. The van der Waals surface area contributed by atoms with Crippen LogP contribution in [0.1, 0.15) is 25.8 Å². The zero-order valence-corrected chi connectivity index (χ0v) is 13.4. The van der Waals surface area contributed by atoms with Gasteiger partial charge in [0.25, 0.3) is 5.92 Å². The van der Waals surface area contributed by atoms with Crippen molar-refractivity contribution < 1.29 is 17.9 Å². The minimum absolute atomic E-state index is 0.0215. The number of aliphatic imine (C=N–C) groups is 1. The summed E-state index contributed by atoms with van der Waals surface area (Å²) < 4.78 is 47.9. The number of rotatable bonds is 2. The van der Waals surface area contributed by atoms with Gasteiger partial charge in [-0.2, -0.15) is 5.26 Å². The van der Waals surface area contributed by atoms with Crippen molar-refractivity contribution in [1.29, 1.82) is 5.26 Å². The van der Waals surface area contributed by atoms with Gasteiger partial charge in [0, 0.05) is 18.4 Å². The lowest BCUT2D eigenvalue weighted by atomic mass is 9.66. The molecular weight excluding hydrogens is 319 g/mol. The molecule has 4 nitrogen and oxygen atoms in total. The van der Waals surface area contributed by atoms with Crippen molar-refractivity contribution in [3.63, 3.8) is 0 Å². The smallest absolute Gasteiger partial charge is 0.271 e. The maximum absolute atomic E-state index is 14.4. The number of nitrogens with zero attached hydrogens (tertiary/aromatic N) is 2. The van der Waals surface area contributed by atoms with Gasteiger partial charge in [-0.05, 0) is 19.4 Å². The lowest BCUT2D eigenvalue weighted by Gasteiger charge is -2.42. The summed E-state index contributed by atoms with van der Waals surface area (Å²) in [6, 6.07) is 7.94. The zero-order valence-electron chi connectivity index (χ0n) is 13.4. The molecule has 7 heteroatoms. The first-order valence-electron chi connectivity index (χ1n) is 7.65. The Morgan fingerprint density at radius 3 is 2.67 bits per heavy atom. The molecule has 2 N–H and O–H groups in total. The molecule has 1 aromatic carbocycles. The molecule has 0 aromatic heterocycles. The number of ether oxygens (including phenoxy) is 1. The molecule has 3 rings (SSSR count). The fraction of sp³-hybridized carbons (Fsp3) is 0.529. The van der Waals surface area contributed by atoms with Gasteiger partial charge in [0.15, 0.2) is 0 Å². The van der Waals surface area contributed by atoms with Gasteiger partial charge in [0.05, 0.1) is 12.7 Å². The predicted octanol–water partition coefficient (Wildman–Crippen LogP) is 2.98. The van der Waals surface area contributed by atoms with E-state index in [1.54, 1.807) is 13.0 Å². The molecule has 0 saturated carbocycles. The van der Waals surface area contributed by atoms with Gasteiger partial charge in [0.1, 0.15) is 28.7 Å². The Kier molecular flexibility index (Phi) is 3.64. The van der Waals surface area contributed by atoms with E-state index in [1.165, 1.54) is 18.2 Å². The molecule has 4 atom stereocenters. The summed E-state index contributed by atoms with van der Waals surface area (Å²) in [6.07, 6.45) is -1.43. The maximum atomic E-state index is 14.4. The second kappa shape index (κ2) is 5.21. The lowest BCUT2D eigenvalue weighted by Crippen LogP contribution is -2.51. The Bertz CT molecular complexity index is 739. The van der Waals surface area contributed by atoms with E-state index in [4.69, 9.17) is 10.5 Å². The fourth-order valence-electron chi connectivity index (χ4n) is 3.72. The summed E-state index contributed by atoms with van der Waals surface area (Å²) in [6.45, 7) is 2.12. The number of amidine groups is 1. The Hall–Kier alpha value is -2.07. The van der Waals surface area contributed by atoms with Crippen LogP contribution in [0.5, 0.6) is 0 Å². The topological polar surface area (TPSA) is 71.4 Å². The molecule has 0 amide bonds. The first kappa shape index (κ1) is 16.8. The number of hydrogen-bond acceptors (Lipinski definition) is 4. The van der Waals surface area contributed by atoms with E-state index in [-0.39, 0.29) is 24.4 Å². The molecule has 1 aromatic rings. The Labute approximate surface area is 138 Å². The Morgan fingerprint density at radius 1 is 1.42 bits per heavy atom. The van der Waals surface area contributed by atoms with Crippen LogP contribution in [0.25, 0.3) is 0 Å². The highest BCUT2D eigenvalue weighted by molar-refractivity contribution is 5.90. The lowest BCUT2D eigenvalue weighted by molar-refractivity contribution is -0.118. The van der Waals surface area contributed by atoms with E-state index in [0.717, 1.165) is 6.92 Å². The van der Waals surface area contributed by atoms with Crippen LogP contribution >= 0.6 is 0 Å². The summed E-state index contributed by atoms with van der Waals surface area (Å²) in [5, 5.41) is 9.43. The van der Waals surface area contributed by atoms with Crippen LogP contribution in [-0.4, -0.2) is 24.5 Å². The first-order valence-corrected chi connectivity index (χ1v) is 7.65. The molecule has 128 valence electrons. The molecule has 0 radical (unpaired) electrons. The van der Waals surface area contributed by atoms with Crippen LogP contribution in [0.2, 0.25) is 0 Å². The van der Waals surface area contributed by atoms with Gasteiger partial charge in [-0.3, -0.25) is 4.99 Å². The molecule has 2 heterocycles. The number of benzene rings is 1. The largest absolute Gasteiger partial charge is 0.386 e. The van der Waals surface area contributed by atoms with Crippen LogP contribution in [0, 0.1) is 28.5 Å². The third kappa shape index (κ3) is 2.28. The highest BCUT2D eigenvalue weighted by Gasteiger charge is 2.62. The summed E-state index contributed by atoms with van der Waals surface area (Å²) in [5.41, 5.74) is 3.62. The number of nitriles is 1. The standard InChI is InChI=1S/C17H18F3N3O/c1-15(8-21)7-11-13(16(2,19)20)24-9-17(11,23-14(15)22)10-5-3-4-6-12(10)18/h3-6,11,13H,7,9H2,1-2H3,(H2,22,23)/t11-,13?,15?,17-/m1/s1. The highest BCUT2D eigenvalue weighted by atomic mass is 19.3. The molecule has 1 fully saturated rings. The predicted molar refractivity (Wildman–Crippen MR) is 81.9 cm³/mol. The second-order valence-corrected chi connectivity index (χ2v) is 6.84. The van der Waals surface area contributed by atoms with Gasteiger partial charge < -0.3 is 10.5 Å². The number of alkyl halides is 2. The van der Waals surface area contributed by atoms with Crippen LogP contribution < -0.4 is 5.73 Å². The van der Waals surface area contributed by atoms with E-state index >= 15 is 0 Å². The Morgan fingerprint density at radius 2 is 2.08 bits per heavy atom. The molecule has 2 aliphatic rings. The monoisotopic (exact) mass is 337 g/mol. The van der Waals surface area contributed by atoms with E-state index in [1.807, 2.05) is 6.07 Å². The zero-order chi connectivity index (χ0) is 17.8. The van der Waals surface area contributed by atoms with Gasteiger partial charge in [-0.25, -0.2) is 13.2 Å². The third-order valence-corrected chi connectivity index (χ3v) is 5.06. The molecule has 1 saturated heterocycles. The average molecular weight is 337 g/mol.